The zero-order valence-corrected chi connectivity index (χ0v) is 16.3. The van der Waals surface area contributed by atoms with E-state index in [4.69, 9.17) is 4.74 Å². The van der Waals surface area contributed by atoms with Crippen LogP contribution in [0.25, 0.3) is 10.6 Å². The molecule has 6 nitrogen and oxygen atoms in total. The summed E-state index contributed by atoms with van der Waals surface area (Å²) in [6, 6.07) is 9.82. The van der Waals surface area contributed by atoms with Gasteiger partial charge in [-0.15, -0.1) is 11.3 Å². The second kappa shape index (κ2) is 8.22. The highest BCUT2D eigenvalue weighted by Gasteiger charge is 2.47. The molecule has 1 aromatic heterocycles. The average molecular weight is 398 g/mol. The predicted octanol–water partition coefficient (Wildman–Crippen LogP) is 3.42. The van der Waals surface area contributed by atoms with Crippen molar-refractivity contribution in [3.05, 3.63) is 41.4 Å². The molecule has 1 saturated carbocycles. The maximum Gasteiger partial charge on any atom is 0.307 e. The standard InChI is InChI=1S/C21H22N2O4S/c24-18(10-11-23-20(25)16-8-4-5-9-17(16)21(23)26)27-12-15-13-28-19(22-15)14-6-2-1-3-7-14/h1-3,6-7,13,16-17H,4-5,8-12H2/t16-,17-/m0/s1. The number of likely N-dealkylation sites (tertiary alicyclic amines) is 1. The van der Waals surface area contributed by atoms with Gasteiger partial charge in [0.15, 0.2) is 0 Å². The van der Waals surface area contributed by atoms with Crippen LogP contribution in [0, 0.1) is 11.8 Å². The van der Waals surface area contributed by atoms with Crippen molar-refractivity contribution in [3.8, 4) is 10.6 Å². The minimum atomic E-state index is -0.426. The van der Waals surface area contributed by atoms with Crippen molar-refractivity contribution in [1.29, 1.82) is 0 Å². The van der Waals surface area contributed by atoms with Gasteiger partial charge in [-0.25, -0.2) is 4.98 Å². The Kier molecular flexibility index (Phi) is 5.52. The minimum absolute atomic E-state index is 0.0204. The Morgan fingerprint density at radius 2 is 1.79 bits per heavy atom. The maximum absolute atomic E-state index is 12.4. The molecule has 7 heteroatoms. The number of fused-ring (bicyclic) bond motifs is 1. The number of esters is 1. The molecule has 4 rings (SSSR count). The molecule has 1 saturated heterocycles. The Labute approximate surface area is 167 Å². The van der Waals surface area contributed by atoms with Gasteiger partial charge in [0, 0.05) is 17.5 Å². The lowest BCUT2D eigenvalue weighted by molar-refractivity contribution is -0.146. The van der Waals surface area contributed by atoms with Gasteiger partial charge >= 0.3 is 5.97 Å². The topological polar surface area (TPSA) is 76.6 Å². The van der Waals surface area contributed by atoms with Gasteiger partial charge in [-0.3, -0.25) is 19.3 Å². The van der Waals surface area contributed by atoms with Crippen molar-refractivity contribution in [1.82, 2.24) is 9.88 Å². The van der Waals surface area contributed by atoms with Crippen LogP contribution in [-0.2, 0) is 25.7 Å². The van der Waals surface area contributed by atoms with E-state index in [9.17, 15) is 14.4 Å². The van der Waals surface area contributed by atoms with Gasteiger partial charge in [-0.1, -0.05) is 43.2 Å². The second-order valence-electron chi connectivity index (χ2n) is 7.25. The molecule has 0 N–H and O–H groups in total. The molecule has 2 atom stereocenters. The number of benzene rings is 1. The number of thiazole rings is 1. The van der Waals surface area contributed by atoms with Crippen LogP contribution in [0.1, 0.15) is 37.8 Å². The molecule has 2 aliphatic rings. The smallest absolute Gasteiger partial charge is 0.307 e. The molecule has 2 heterocycles. The molecule has 1 aromatic carbocycles. The molecule has 28 heavy (non-hydrogen) atoms. The van der Waals surface area contributed by atoms with Crippen molar-refractivity contribution in [3.63, 3.8) is 0 Å². The molecular formula is C21H22N2O4S. The summed E-state index contributed by atoms with van der Waals surface area (Å²) in [4.78, 5) is 42.7. The third-order valence-electron chi connectivity index (χ3n) is 5.43. The number of carbonyl (C=O) groups excluding carboxylic acids is 3. The van der Waals surface area contributed by atoms with Crippen molar-refractivity contribution in [2.45, 2.75) is 38.7 Å². The van der Waals surface area contributed by atoms with Crippen LogP contribution >= 0.6 is 11.3 Å². The third kappa shape index (κ3) is 3.85. The number of rotatable bonds is 6. The maximum atomic E-state index is 12.4. The SMILES string of the molecule is O=C(CCN1C(=O)[C@H]2CCCC[C@@H]2C1=O)OCc1csc(-c2ccccc2)n1. The number of imide groups is 1. The number of hydrogen-bond donors (Lipinski definition) is 0. The van der Waals surface area contributed by atoms with Crippen molar-refractivity contribution in [2.75, 3.05) is 6.54 Å². The van der Waals surface area contributed by atoms with Crippen LogP contribution < -0.4 is 0 Å². The van der Waals surface area contributed by atoms with Crippen LogP contribution in [0.3, 0.4) is 0 Å². The first-order valence-corrected chi connectivity index (χ1v) is 10.5. The van der Waals surface area contributed by atoms with Crippen LogP contribution in [0.2, 0.25) is 0 Å². The quantitative estimate of drug-likeness (QED) is 0.550. The average Bonchev–Trinajstić information content (AvgIpc) is 3.30. The largest absolute Gasteiger partial charge is 0.459 e. The second-order valence-corrected chi connectivity index (χ2v) is 8.10. The van der Waals surface area contributed by atoms with E-state index in [2.05, 4.69) is 4.98 Å². The van der Waals surface area contributed by atoms with E-state index in [1.165, 1.54) is 16.2 Å². The van der Waals surface area contributed by atoms with Gasteiger partial charge in [0.05, 0.1) is 24.0 Å². The zero-order chi connectivity index (χ0) is 19.5. The van der Waals surface area contributed by atoms with Crippen LogP contribution in [0.5, 0.6) is 0 Å². The molecule has 0 radical (unpaired) electrons. The molecule has 2 aromatic rings. The van der Waals surface area contributed by atoms with E-state index < -0.39 is 5.97 Å². The lowest BCUT2D eigenvalue weighted by Crippen LogP contribution is -2.33. The molecule has 2 fully saturated rings. The van der Waals surface area contributed by atoms with Crippen molar-refractivity contribution in [2.24, 2.45) is 11.8 Å². The van der Waals surface area contributed by atoms with Crippen LogP contribution in [-0.4, -0.2) is 34.2 Å². The number of nitrogens with zero attached hydrogens (tertiary/aromatic N) is 2. The number of hydrogen-bond acceptors (Lipinski definition) is 6. The highest BCUT2D eigenvalue weighted by atomic mass is 32.1. The molecule has 0 spiro atoms. The molecule has 2 amide bonds. The Morgan fingerprint density at radius 1 is 1.11 bits per heavy atom. The molecule has 0 unspecified atom stereocenters. The molecule has 146 valence electrons. The lowest BCUT2D eigenvalue weighted by Gasteiger charge is -2.19. The van der Waals surface area contributed by atoms with E-state index >= 15 is 0 Å². The fourth-order valence-electron chi connectivity index (χ4n) is 3.97. The van der Waals surface area contributed by atoms with E-state index in [-0.39, 0.29) is 43.2 Å². The summed E-state index contributed by atoms with van der Waals surface area (Å²) in [5.74, 6) is -1.01. The van der Waals surface area contributed by atoms with Gasteiger partial charge < -0.3 is 4.74 Å². The fourth-order valence-corrected chi connectivity index (χ4v) is 4.78. The zero-order valence-electron chi connectivity index (χ0n) is 15.5. The van der Waals surface area contributed by atoms with Gasteiger partial charge in [-0.05, 0) is 12.8 Å². The summed E-state index contributed by atoms with van der Waals surface area (Å²) in [5, 5.41) is 2.75. The van der Waals surface area contributed by atoms with E-state index in [1.807, 2.05) is 35.7 Å². The summed E-state index contributed by atoms with van der Waals surface area (Å²) in [6.45, 7) is 0.200. The fraction of sp³-hybridized carbons (Fsp3) is 0.429. The summed E-state index contributed by atoms with van der Waals surface area (Å²) < 4.78 is 5.28. The van der Waals surface area contributed by atoms with Crippen LogP contribution in [0.4, 0.5) is 0 Å². The number of ether oxygens (including phenoxy) is 1. The first-order chi connectivity index (χ1) is 13.6. The molecule has 1 aliphatic carbocycles. The molecule has 0 bridgehead atoms. The third-order valence-corrected chi connectivity index (χ3v) is 6.37. The molecule has 1 aliphatic heterocycles. The Hall–Kier alpha value is -2.54. The number of carbonyl (C=O) groups is 3. The summed E-state index contributed by atoms with van der Waals surface area (Å²) in [6.07, 6.45) is 3.57. The summed E-state index contributed by atoms with van der Waals surface area (Å²) in [7, 11) is 0. The van der Waals surface area contributed by atoms with E-state index in [1.54, 1.807) is 0 Å². The number of amides is 2. The van der Waals surface area contributed by atoms with Crippen molar-refractivity contribution >= 4 is 29.1 Å². The monoisotopic (exact) mass is 398 g/mol. The molecular weight excluding hydrogens is 376 g/mol. The summed E-state index contributed by atoms with van der Waals surface area (Å²) in [5.41, 5.74) is 1.72. The highest BCUT2D eigenvalue weighted by molar-refractivity contribution is 7.13. The van der Waals surface area contributed by atoms with Crippen molar-refractivity contribution < 1.29 is 19.1 Å². The van der Waals surface area contributed by atoms with E-state index in [0.29, 0.717) is 5.69 Å². The lowest BCUT2D eigenvalue weighted by atomic mass is 9.81. The predicted molar refractivity (Wildman–Crippen MR) is 104 cm³/mol. The van der Waals surface area contributed by atoms with Gasteiger partial charge in [0.25, 0.3) is 0 Å². The number of aromatic nitrogens is 1. The van der Waals surface area contributed by atoms with Gasteiger partial charge in [0.1, 0.15) is 11.6 Å². The van der Waals surface area contributed by atoms with E-state index in [0.717, 1.165) is 36.3 Å². The Morgan fingerprint density at radius 3 is 2.46 bits per heavy atom. The normalized spacial score (nSPS) is 21.6. The first kappa shape index (κ1) is 18.8. The van der Waals surface area contributed by atoms with Gasteiger partial charge in [-0.2, -0.15) is 0 Å². The van der Waals surface area contributed by atoms with Gasteiger partial charge in [0.2, 0.25) is 11.8 Å². The Balaban J connectivity index is 1.27. The van der Waals surface area contributed by atoms with Crippen LogP contribution in [0.15, 0.2) is 35.7 Å². The summed E-state index contributed by atoms with van der Waals surface area (Å²) >= 11 is 1.50. The Bertz CT molecular complexity index is 856. The first-order valence-electron chi connectivity index (χ1n) is 9.64. The highest BCUT2D eigenvalue weighted by Crippen LogP contribution is 2.38. The minimum Gasteiger partial charge on any atom is -0.459 e.